The molecule has 0 bridgehead atoms. The van der Waals surface area contributed by atoms with Crippen molar-refractivity contribution < 1.29 is 64.5 Å². The summed E-state index contributed by atoms with van der Waals surface area (Å²) in [6.07, 6.45) is -6.90. The van der Waals surface area contributed by atoms with Crippen LogP contribution in [0.5, 0.6) is 0 Å². The molecule has 2 aliphatic heterocycles. The number of hydrogen-bond donors (Lipinski definition) is 4. The Hall–Kier alpha value is -7.72. The molecule has 4 N–H and O–H groups in total. The van der Waals surface area contributed by atoms with Crippen LogP contribution in [0.15, 0.2) is 87.8 Å². The Labute approximate surface area is 427 Å². The molecule has 2 aromatic carbocycles. The van der Waals surface area contributed by atoms with Gasteiger partial charge in [-0.25, -0.2) is 9.59 Å². The van der Waals surface area contributed by atoms with Gasteiger partial charge < -0.3 is 40.2 Å². The Balaban J connectivity index is 0.000000277. The van der Waals surface area contributed by atoms with Crippen molar-refractivity contribution in [1.82, 2.24) is 29.7 Å². The predicted molar refractivity (Wildman–Crippen MR) is 257 cm³/mol. The Morgan fingerprint density at radius 2 is 1.15 bits per heavy atom. The second-order valence-electron chi connectivity index (χ2n) is 15.7. The van der Waals surface area contributed by atoms with E-state index in [-0.39, 0.29) is 53.7 Å². The number of thioether (sulfide) groups is 1. The van der Waals surface area contributed by atoms with Crippen LogP contribution in [0.3, 0.4) is 0 Å². The number of alkyl halides is 6. The van der Waals surface area contributed by atoms with Crippen LogP contribution in [0.25, 0.3) is 10.4 Å². The van der Waals surface area contributed by atoms with Crippen LogP contribution in [0.2, 0.25) is 0 Å². The molecule has 0 aliphatic carbocycles. The first-order valence-corrected chi connectivity index (χ1v) is 23.9. The topological polar surface area (TPSA) is 272 Å². The lowest BCUT2D eigenvalue weighted by atomic mass is 10.1. The van der Waals surface area contributed by atoms with E-state index in [2.05, 4.69) is 54.3 Å². The van der Waals surface area contributed by atoms with E-state index in [1.807, 2.05) is 20.1 Å². The highest BCUT2D eigenvalue weighted by Crippen LogP contribution is 2.34. The molecule has 0 spiro atoms. The van der Waals surface area contributed by atoms with Crippen molar-refractivity contribution in [1.29, 1.82) is 0 Å². The number of nitrogens with zero attached hydrogens (tertiary/aromatic N) is 7. The number of ether oxygens (including phenoxy) is 4. The molecule has 0 radical (unpaired) electrons. The zero-order chi connectivity index (χ0) is 54.7. The summed E-state index contributed by atoms with van der Waals surface area (Å²) in [5.41, 5.74) is 7.54. The quantitative estimate of drug-likeness (QED) is 0.0258. The number of benzene rings is 2. The number of carbonyl (C=O) groups is 4. The molecule has 28 heteroatoms. The van der Waals surface area contributed by atoms with E-state index in [1.165, 1.54) is 40.9 Å². The van der Waals surface area contributed by atoms with Gasteiger partial charge in [-0.1, -0.05) is 79.0 Å². The summed E-state index contributed by atoms with van der Waals surface area (Å²) in [7, 11) is 0. The van der Waals surface area contributed by atoms with Crippen LogP contribution in [0.1, 0.15) is 83.8 Å². The molecule has 4 aromatic rings. The van der Waals surface area contributed by atoms with Crippen LogP contribution in [0.4, 0.5) is 38.0 Å². The van der Waals surface area contributed by atoms with Crippen LogP contribution in [-0.2, 0) is 28.5 Å². The van der Waals surface area contributed by atoms with Gasteiger partial charge in [-0.3, -0.25) is 28.3 Å². The van der Waals surface area contributed by atoms with Gasteiger partial charge >= 0.3 is 35.5 Å². The average Bonchev–Trinajstić information content (AvgIpc) is 4.00. The maximum atomic E-state index is 12.9. The maximum Gasteiger partial charge on any atom is 0.471 e. The fraction of sp³-hybridized carbons (Fsp3) is 0.404. The van der Waals surface area contributed by atoms with Crippen molar-refractivity contribution in [2.75, 3.05) is 42.6 Å². The zero-order valence-corrected chi connectivity index (χ0v) is 40.8. The largest absolute Gasteiger partial charge is 0.471 e. The summed E-state index contributed by atoms with van der Waals surface area (Å²) in [5.74, 6) is 4.46. The molecular formula is C47H47F6N11O10S. The molecule has 21 nitrogen and oxygen atoms in total. The van der Waals surface area contributed by atoms with E-state index >= 15 is 0 Å². The van der Waals surface area contributed by atoms with Crippen molar-refractivity contribution in [3.63, 3.8) is 0 Å². The monoisotopic (exact) mass is 1070 g/mol. The number of anilines is 2. The van der Waals surface area contributed by atoms with Gasteiger partial charge in [0.15, 0.2) is 11.6 Å². The lowest BCUT2D eigenvalue weighted by molar-refractivity contribution is -0.173. The van der Waals surface area contributed by atoms with Crippen molar-refractivity contribution >= 4 is 47.0 Å². The third-order valence-corrected chi connectivity index (χ3v) is 11.0. The van der Waals surface area contributed by atoms with Crippen molar-refractivity contribution in [3.8, 4) is 23.7 Å². The summed E-state index contributed by atoms with van der Waals surface area (Å²) in [6, 6.07) is 16.2. The molecule has 4 amide bonds. The van der Waals surface area contributed by atoms with Gasteiger partial charge in [-0.05, 0) is 48.9 Å². The number of halogens is 6. The number of amides is 4. The zero-order valence-electron chi connectivity index (χ0n) is 39.9. The van der Waals surface area contributed by atoms with Gasteiger partial charge in [0.2, 0.25) is 0 Å². The first-order valence-electron chi connectivity index (χ1n) is 22.5. The second-order valence-corrected chi connectivity index (χ2v) is 16.5. The minimum atomic E-state index is -5.07. The predicted octanol–water partition coefficient (Wildman–Crippen LogP) is 5.80. The smallest absolute Gasteiger partial charge is 0.369 e. The highest BCUT2D eigenvalue weighted by molar-refractivity contribution is 7.98. The highest BCUT2D eigenvalue weighted by Gasteiger charge is 2.40. The molecule has 2 aromatic heterocycles. The van der Waals surface area contributed by atoms with Crippen LogP contribution < -0.4 is 32.6 Å². The number of azide groups is 1. The second kappa shape index (κ2) is 27.5. The van der Waals surface area contributed by atoms with E-state index in [0.717, 1.165) is 4.57 Å². The summed E-state index contributed by atoms with van der Waals surface area (Å²) in [5, 5.41) is 11.6. The molecule has 6 rings (SSSR count). The fourth-order valence-electron chi connectivity index (χ4n) is 7.12. The van der Waals surface area contributed by atoms with Crippen LogP contribution in [0, 0.1) is 23.7 Å². The maximum absolute atomic E-state index is 12.9. The van der Waals surface area contributed by atoms with E-state index in [1.54, 1.807) is 59.2 Å². The number of hydrogen-bond acceptors (Lipinski definition) is 14. The Bertz CT molecular complexity index is 2950. The molecule has 2 aliphatic rings. The van der Waals surface area contributed by atoms with E-state index in [9.17, 15) is 55.1 Å². The molecule has 4 heterocycles. The lowest BCUT2D eigenvalue weighted by Gasteiger charge is -2.17. The van der Waals surface area contributed by atoms with E-state index < -0.39 is 85.1 Å². The Morgan fingerprint density at radius 1 is 0.733 bits per heavy atom. The summed E-state index contributed by atoms with van der Waals surface area (Å²) in [4.78, 5) is 83.6. The van der Waals surface area contributed by atoms with Gasteiger partial charge in [0.25, 0.3) is 11.8 Å². The SMILES string of the molecule is CCC1OC(n2cc(C#CCNC(=O)C(F)(F)F)c(NC(=O)c3ccccc3)nc2=O)CC1OCN=[N+]=[N-].CCC1OC(n2cc(C#CCNC(=O)C(F)(F)F)c(NC(=O)c3ccccc3)nc2=O)CC1OCSC. The van der Waals surface area contributed by atoms with Gasteiger partial charge in [-0.15, -0.1) is 11.8 Å². The number of rotatable bonds is 16. The summed E-state index contributed by atoms with van der Waals surface area (Å²) < 4.78 is 100. The highest BCUT2D eigenvalue weighted by atomic mass is 32.2. The third kappa shape index (κ3) is 16.9. The molecule has 2 saturated heterocycles. The van der Waals surface area contributed by atoms with E-state index in [4.69, 9.17) is 24.5 Å². The molecule has 398 valence electrons. The Kier molecular flexibility index (Phi) is 21.4. The molecule has 2 fully saturated rings. The Morgan fingerprint density at radius 3 is 1.52 bits per heavy atom. The molecule has 0 saturated carbocycles. The normalized spacial score (nSPS) is 18.8. The number of aromatic nitrogens is 4. The summed E-state index contributed by atoms with van der Waals surface area (Å²) >= 11 is 1.51. The molecular weight excluding hydrogens is 1020 g/mol. The first-order chi connectivity index (χ1) is 35.8. The third-order valence-electron chi connectivity index (χ3n) is 10.7. The van der Waals surface area contributed by atoms with Gasteiger partial charge in [0.1, 0.15) is 19.2 Å². The molecule has 6 unspecified atom stereocenters. The minimum absolute atomic E-state index is 0.00904. The summed E-state index contributed by atoms with van der Waals surface area (Å²) in [6.45, 7) is 2.26. The van der Waals surface area contributed by atoms with Crippen molar-refractivity contribution in [2.24, 2.45) is 5.11 Å². The fourth-order valence-corrected chi connectivity index (χ4v) is 7.43. The van der Waals surface area contributed by atoms with Gasteiger partial charge in [-0.2, -0.15) is 36.3 Å². The lowest BCUT2D eigenvalue weighted by Crippen LogP contribution is -2.36. The van der Waals surface area contributed by atoms with Gasteiger partial charge in [0, 0.05) is 41.3 Å². The minimum Gasteiger partial charge on any atom is -0.369 e. The standard InChI is InChI=1S/C24H25F3N4O5S.C23H22F3N7O5/c1-3-17-18(35-14-37-2)12-19(36-17)31-13-16(10-7-11-28-22(33)24(25,26)27)20(30-23(31)34)29-21(32)15-8-5-4-6-9-15;1-2-16-17(37-13-29-32-27)11-18(38-16)33-12-15(9-6-10-28-21(35)23(24,25)26)19(31-22(33)36)30-20(34)14-7-4-3-5-8-14/h4-6,8-9,13,17-19H,3,11-12,14H2,1-2H3,(H,28,33)(H,29,30,32,34);3-5,7-8,12,16-18H,2,10-11,13H2,1H3,(H,28,35)(H,30,31,34,36). The average molecular weight is 1070 g/mol. The molecule has 75 heavy (non-hydrogen) atoms. The number of nitrogens with one attached hydrogen (secondary N) is 4. The van der Waals surface area contributed by atoms with Crippen molar-refractivity contribution in [3.05, 3.63) is 127 Å². The number of carbonyl (C=O) groups excluding carboxylic acids is 4. The van der Waals surface area contributed by atoms with Gasteiger partial charge in [0.05, 0.1) is 54.6 Å². The van der Waals surface area contributed by atoms with E-state index in [0.29, 0.717) is 30.8 Å². The molecule has 6 atom stereocenters. The first kappa shape index (κ1) is 58.2. The van der Waals surface area contributed by atoms with Crippen LogP contribution >= 0.6 is 11.8 Å². The van der Waals surface area contributed by atoms with Crippen LogP contribution in [-0.4, -0.2) is 112 Å². The van der Waals surface area contributed by atoms with Crippen molar-refractivity contribution in [2.45, 2.75) is 88.8 Å².